The average Bonchev–Trinajstić information content (AvgIpc) is 4.07. The average molecular weight is 916 g/mol. The molecule has 15 aromatic rings. The number of hydrogen-bond donors (Lipinski definition) is 0. The summed E-state index contributed by atoms with van der Waals surface area (Å²) in [5.41, 5.74) is 13.5. The number of furan rings is 2. The van der Waals surface area contributed by atoms with Crippen LogP contribution in [0.4, 0.5) is 0 Å². The van der Waals surface area contributed by atoms with Crippen molar-refractivity contribution in [2.45, 2.75) is 0 Å². The molecule has 0 aliphatic heterocycles. The summed E-state index contributed by atoms with van der Waals surface area (Å²) in [5.74, 6) is 0. The molecule has 0 aliphatic rings. The summed E-state index contributed by atoms with van der Waals surface area (Å²) in [5, 5.41) is 17.2. The fourth-order valence-corrected chi connectivity index (χ4v) is 13.7. The van der Waals surface area contributed by atoms with Crippen molar-refractivity contribution in [1.29, 1.82) is 0 Å². The van der Waals surface area contributed by atoms with Gasteiger partial charge in [0.25, 0.3) is 0 Å². The van der Waals surface area contributed by atoms with Crippen molar-refractivity contribution < 1.29 is 8.83 Å². The molecule has 0 spiro atoms. The van der Waals surface area contributed by atoms with E-state index in [9.17, 15) is 0 Å². The molecule has 0 N–H and O–H groups in total. The minimum absolute atomic E-state index is 0.163. The third-order valence-electron chi connectivity index (χ3n) is 14.2. The zero-order valence-corrected chi connectivity index (χ0v) is 37.7. The molecule has 3 aromatic heterocycles. The fraction of sp³-hybridized carbons (Fsp3) is 0. The monoisotopic (exact) mass is 916 g/mol. The standard InChI is InChI=1S/C64H36O2Se/c1-3-17-48-46(15-1)61(47-16-2-4-18-49(47)62(48)38-25-29-43-41-13-9-11-23-55(41)65-57(43)34-38)37-28-32-59-54(33-37)45-31-27-40(36-60(45)67-59)64-52-21-7-5-19-50(52)63(51-20-6-8-22-53(51)64)39-26-30-44-42-14-10-12-24-56(42)66-58(44)35-39/h1-36H. The molecule has 0 amide bonds. The van der Waals surface area contributed by atoms with Crippen LogP contribution in [-0.4, -0.2) is 14.5 Å². The van der Waals surface area contributed by atoms with E-state index in [1.54, 1.807) is 0 Å². The molecule has 3 heterocycles. The molecular formula is C64H36O2Se. The van der Waals surface area contributed by atoms with E-state index in [-0.39, 0.29) is 14.5 Å². The molecule has 0 saturated carbocycles. The van der Waals surface area contributed by atoms with Crippen LogP contribution in [0.5, 0.6) is 0 Å². The first-order valence-electron chi connectivity index (χ1n) is 22.9. The molecule has 3 heteroatoms. The fourth-order valence-electron chi connectivity index (χ4n) is 11.4. The van der Waals surface area contributed by atoms with Crippen LogP contribution in [0.2, 0.25) is 0 Å². The van der Waals surface area contributed by atoms with Crippen LogP contribution in [-0.2, 0) is 0 Å². The Morgan fingerprint density at radius 2 is 0.522 bits per heavy atom. The zero-order valence-electron chi connectivity index (χ0n) is 36.0. The van der Waals surface area contributed by atoms with Gasteiger partial charge in [0.1, 0.15) is 5.58 Å². The third kappa shape index (κ3) is 5.45. The van der Waals surface area contributed by atoms with Gasteiger partial charge in [-0.2, -0.15) is 0 Å². The Morgan fingerprint density at radius 1 is 0.209 bits per heavy atom. The van der Waals surface area contributed by atoms with Crippen LogP contribution in [0, 0.1) is 0 Å². The van der Waals surface area contributed by atoms with Gasteiger partial charge in [0.05, 0.1) is 0 Å². The number of hydrogen-bond acceptors (Lipinski definition) is 2. The quantitative estimate of drug-likeness (QED) is 0.130. The number of rotatable bonds is 4. The van der Waals surface area contributed by atoms with Gasteiger partial charge in [-0.3, -0.25) is 0 Å². The van der Waals surface area contributed by atoms with Gasteiger partial charge in [0, 0.05) is 5.39 Å². The van der Waals surface area contributed by atoms with Crippen molar-refractivity contribution >= 4 is 121 Å². The van der Waals surface area contributed by atoms with E-state index in [0.717, 1.165) is 55.0 Å². The summed E-state index contributed by atoms with van der Waals surface area (Å²) in [6.45, 7) is 0. The van der Waals surface area contributed by atoms with Gasteiger partial charge in [-0.15, -0.1) is 0 Å². The van der Waals surface area contributed by atoms with E-state index in [1.807, 2.05) is 12.1 Å². The van der Waals surface area contributed by atoms with Gasteiger partial charge in [0.15, 0.2) is 0 Å². The van der Waals surface area contributed by atoms with E-state index in [4.69, 9.17) is 8.83 Å². The molecule has 0 fully saturated rings. The molecule has 0 atom stereocenters. The Bertz CT molecular complexity index is 4470. The third-order valence-corrected chi connectivity index (χ3v) is 16.6. The summed E-state index contributed by atoms with van der Waals surface area (Å²) in [6, 6.07) is 80.3. The Balaban J connectivity index is 0.891. The molecule has 15 rings (SSSR count). The molecule has 0 saturated heterocycles. The van der Waals surface area contributed by atoms with Crippen LogP contribution in [0.15, 0.2) is 227 Å². The first kappa shape index (κ1) is 37.1. The second-order valence-corrected chi connectivity index (χ2v) is 20.1. The molecule has 0 radical (unpaired) electrons. The van der Waals surface area contributed by atoms with E-state index in [2.05, 4.69) is 206 Å². The molecule has 67 heavy (non-hydrogen) atoms. The number of para-hydroxylation sites is 2. The van der Waals surface area contributed by atoms with Gasteiger partial charge < -0.3 is 0 Å². The van der Waals surface area contributed by atoms with Crippen LogP contribution in [0.1, 0.15) is 0 Å². The van der Waals surface area contributed by atoms with E-state index < -0.39 is 0 Å². The molecule has 310 valence electrons. The molecule has 0 bridgehead atoms. The summed E-state index contributed by atoms with van der Waals surface area (Å²) in [6.07, 6.45) is 0. The van der Waals surface area contributed by atoms with Crippen LogP contribution in [0.25, 0.3) is 151 Å². The van der Waals surface area contributed by atoms with Crippen LogP contribution < -0.4 is 0 Å². The second kappa shape index (κ2) is 14.1. The van der Waals surface area contributed by atoms with Crippen LogP contribution >= 0.6 is 0 Å². The second-order valence-electron chi connectivity index (χ2n) is 17.8. The topological polar surface area (TPSA) is 26.3 Å². The molecule has 12 aromatic carbocycles. The number of benzene rings is 12. The Hall–Kier alpha value is -8.20. The first-order chi connectivity index (χ1) is 33.2. The summed E-state index contributed by atoms with van der Waals surface area (Å²) >= 11 is 0.163. The number of fused-ring (bicyclic) bond motifs is 13. The van der Waals surface area contributed by atoms with Crippen molar-refractivity contribution in [3.63, 3.8) is 0 Å². The van der Waals surface area contributed by atoms with E-state index >= 15 is 0 Å². The summed E-state index contributed by atoms with van der Waals surface area (Å²) < 4.78 is 15.7. The first-order valence-corrected chi connectivity index (χ1v) is 24.6. The maximum absolute atomic E-state index is 6.41. The van der Waals surface area contributed by atoms with E-state index in [1.165, 1.54) is 95.8 Å². The van der Waals surface area contributed by atoms with Gasteiger partial charge >= 0.3 is 333 Å². The zero-order chi connectivity index (χ0) is 43.7. The minimum atomic E-state index is 0.163. The molecular weight excluding hydrogens is 880 g/mol. The molecule has 0 aliphatic carbocycles. The Labute approximate surface area is 390 Å². The van der Waals surface area contributed by atoms with Gasteiger partial charge in [0.2, 0.25) is 0 Å². The molecule has 2 nitrogen and oxygen atoms in total. The van der Waals surface area contributed by atoms with Crippen molar-refractivity contribution in [1.82, 2.24) is 0 Å². The SMILES string of the molecule is c1ccc2c(c1)oc1cc(-c3c4ccccc4c(-c4ccc5c(c4)[se]c4ccc(-c6c7ccccc7c(-c7ccc8c(c7)oc7ccccc78)c7ccccc67)cc45)c4ccccc34)ccc12. The Morgan fingerprint density at radius 3 is 0.940 bits per heavy atom. The van der Waals surface area contributed by atoms with Crippen molar-refractivity contribution in [2.24, 2.45) is 0 Å². The van der Waals surface area contributed by atoms with Crippen molar-refractivity contribution in [3.05, 3.63) is 218 Å². The van der Waals surface area contributed by atoms with Crippen molar-refractivity contribution in [3.8, 4) is 44.5 Å². The van der Waals surface area contributed by atoms with Gasteiger partial charge in [-0.1, -0.05) is 36.4 Å². The summed E-state index contributed by atoms with van der Waals surface area (Å²) in [7, 11) is 0. The molecule has 0 unspecified atom stereocenters. The van der Waals surface area contributed by atoms with Gasteiger partial charge in [-0.05, 0) is 12.1 Å². The van der Waals surface area contributed by atoms with Crippen molar-refractivity contribution in [2.75, 3.05) is 0 Å². The van der Waals surface area contributed by atoms with Crippen LogP contribution in [0.3, 0.4) is 0 Å². The predicted molar refractivity (Wildman–Crippen MR) is 285 cm³/mol. The summed E-state index contributed by atoms with van der Waals surface area (Å²) in [4.78, 5) is 0. The normalized spacial score (nSPS) is 12.2. The van der Waals surface area contributed by atoms with E-state index in [0.29, 0.717) is 0 Å². The van der Waals surface area contributed by atoms with Gasteiger partial charge in [-0.25, -0.2) is 0 Å². The maximum atomic E-state index is 6.41. The predicted octanol–water partition coefficient (Wildman–Crippen LogP) is 18.1. The Kier molecular flexibility index (Phi) is 7.83.